The van der Waals surface area contributed by atoms with Crippen LogP contribution in [0.1, 0.15) is 12.1 Å². The average Bonchev–Trinajstić information content (AvgIpc) is 2.54. The van der Waals surface area contributed by atoms with Gasteiger partial charge < -0.3 is 10.1 Å². The SMILES string of the molecule is Cc1cc(NC2CCOC2)nc(Cl)n1. The number of hydrogen-bond donors (Lipinski definition) is 1. The zero-order valence-corrected chi connectivity index (χ0v) is 8.71. The highest BCUT2D eigenvalue weighted by Gasteiger charge is 2.15. The summed E-state index contributed by atoms with van der Waals surface area (Å²) in [5.41, 5.74) is 0.867. The van der Waals surface area contributed by atoms with Gasteiger partial charge in [0.2, 0.25) is 5.28 Å². The van der Waals surface area contributed by atoms with Gasteiger partial charge in [0, 0.05) is 18.4 Å². The molecule has 0 radical (unpaired) electrons. The quantitative estimate of drug-likeness (QED) is 0.759. The van der Waals surface area contributed by atoms with E-state index < -0.39 is 0 Å². The number of hydrogen-bond acceptors (Lipinski definition) is 4. The smallest absolute Gasteiger partial charge is 0.224 e. The molecule has 1 aromatic heterocycles. The first kappa shape index (κ1) is 9.68. The molecule has 5 heteroatoms. The van der Waals surface area contributed by atoms with Crippen LogP contribution < -0.4 is 5.32 Å². The maximum Gasteiger partial charge on any atom is 0.224 e. The van der Waals surface area contributed by atoms with Crippen LogP contribution in [0.2, 0.25) is 5.28 Å². The van der Waals surface area contributed by atoms with Gasteiger partial charge >= 0.3 is 0 Å². The van der Waals surface area contributed by atoms with E-state index in [2.05, 4.69) is 15.3 Å². The monoisotopic (exact) mass is 213 g/mol. The molecule has 1 aliphatic heterocycles. The molecule has 0 spiro atoms. The largest absolute Gasteiger partial charge is 0.379 e. The molecule has 76 valence electrons. The van der Waals surface area contributed by atoms with Crippen LogP contribution in [0.15, 0.2) is 6.07 Å². The lowest BCUT2D eigenvalue weighted by atomic mass is 10.2. The minimum Gasteiger partial charge on any atom is -0.379 e. The van der Waals surface area contributed by atoms with Crippen LogP contribution >= 0.6 is 11.6 Å². The van der Waals surface area contributed by atoms with Crippen LogP contribution in [0.5, 0.6) is 0 Å². The Labute approximate surface area is 87.7 Å². The van der Waals surface area contributed by atoms with E-state index in [4.69, 9.17) is 16.3 Å². The third-order valence-electron chi connectivity index (χ3n) is 2.11. The van der Waals surface area contributed by atoms with Gasteiger partial charge in [0.1, 0.15) is 5.82 Å². The van der Waals surface area contributed by atoms with Crippen molar-refractivity contribution in [2.24, 2.45) is 0 Å². The molecule has 0 aliphatic carbocycles. The summed E-state index contributed by atoms with van der Waals surface area (Å²) in [6, 6.07) is 2.23. The lowest BCUT2D eigenvalue weighted by Crippen LogP contribution is -2.19. The van der Waals surface area contributed by atoms with Crippen LogP contribution in [0.25, 0.3) is 0 Å². The molecule has 0 amide bonds. The number of nitrogens with zero attached hydrogens (tertiary/aromatic N) is 2. The number of aryl methyl sites for hydroxylation is 1. The topological polar surface area (TPSA) is 47.0 Å². The predicted octanol–water partition coefficient (Wildman–Crippen LogP) is 1.64. The van der Waals surface area contributed by atoms with Gasteiger partial charge in [0.05, 0.1) is 12.6 Å². The molecule has 1 saturated heterocycles. The van der Waals surface area contributed by atoms with E-state index in [-0.39, 0.29) is 5.28 Å². The Bertz CT molecular complexity index is 306. The molecule has 0 aromatic carbocycles. The van der Waals surface area contributed by atoms with Crippen LogP contribution in [0.4, 0.5) is 5.82 Å². The van der Waals surface area contributed by atoms with Gasteiger partial charge in [-0.3, -0.25) is 0 Å². The number of aromatic nitrogens is 2. The molecule has 1 aliphatic rings. The fourth-order valence-electron chi connectivity index (χ4n) is 1.46. The van der Waals surface area contributed by atoms with Gasteiger partial charge in [-0.05, 0) is 24.9 Å². The zero-order valence-electron chi connectivity index (χ0n) is 7.96. The van der Waals surface area contributed by atoms with Crippen molar-refractivity contribution in [3.63, 3.8) is 0 Å². The second kappa shape index (κ2) is 4.11. The Morgan fingerprint density at radius 2 is 2.43 bits per heavy atom. The van der Waals surface area contributed by atoms with Crippen molar-refractivity contribution in [1.82, 2.24) is 9.97 Å². The molecule has 2 heterocycles. The van der Waals surface area contributed by atoms with Crippen molar-refractivity contribution in [2.45, 2.75) is 19.4 Å². The van der Waals surface area contributed by atoms with Gasteiger partial charge in [0.25, 0.3) is 0 Å². The van der Waals surface area contributed by atoms with E-state index in [1.54, 1.807) is 0 Å². The minimum absolute atomic E-state index is 0.284. The first-order valence-electron chi connectivity index (χ1n) is 4.59. The first-order valence-corrected chi connectivity index (χ1v) is 4.97. The number of ether oxygens (including phenoxy) is 1. The van der Waals surface area contributed by atoms with Gasteiger partial charge in [-0.25, -0.2) is 9.97 Å². The second-order valence-electron chi connectivity index (χ2n) is 3.37. The molecule has 4 nitrogen and oxygen atoms in total. The van der Waals surface area contributed by atoms with Crippen molar-refractivity contribution in [1.29, 1.82) is 0 Å². The molecular weight excluding hydrogens is 202 g/mol. The maximum atomic E-state index is 5.74. The average molecular weight is 214 g/mol. The molecule has 2 rings (SSSR count). The van der Waals surface area contributed by atoms with Crippen molar-refractivity contribution in [2.75, 3.05) is 18.5 Å². The molecule has 1 fully saturated rings. The summed E-state index contributed by atoms with van der Waals surface area (Å²) >= 11 is 5.74. The van der Waals surface area contributed by atoms with Gasteiger partial charge in [-0.15, -0.1) is 0 Å². The fourth-order valence-corrected chi connectivity index (χ4v) is 1.69. The zero-order chi connectivity index (χ0) is 9.97. The standard InChI is InChI=1S/C9H12ClN3O/c1-6-4-8(13-9(10)11-6)12-7-2-3-14-5-7/h4,7H,2-3,5H2,1H3,(H,11,12,13). The van der Waals surface area contributed by atoms with Crippen molar-refractivity contribution in [3.8, 4) is 0 Å². The second-order valence-corrected chi connectivity index (χ2v) is 3.71. The Hall–Kier alpha value is -0.870. The van der Waals surface area contributed by atoms with E-state index in [0.717, 1.165) is 31.1 Å². The van der Waals surface area contributed by atoms with E-state index in [9.17, 15) is 0 Å². The molecule has 1 unspecified atom stereocenters. The number of nitrogens with one attached hydrogen (secondary N) is 1. The highest BCUT2D eigenvalue weighted by atomic mass is 35.5. The Morgan fingerprint density at radius 3 is 3.07 bits per heavy atom. The highest BCUT2D eigenvalue weighted by Crippen LogP contribution is 2.14. The van der Waals surface area contributed by atoms with E-state index >= 15 is 0 Å². The number of rotatable bonds is 2. The number of anilines is 1. The van der Waals surface area contributed by atoms with E-state index in [1.807, 2.05) is 13.0 Å². The van der Waals surface area contributed by atoms with Crippen LogP contribution in [-0.4, -0.2) is 29.2 Å². The minimum atomic E-state index is 0.284. The fraction of sp³-hybridized carbons (Fsp3) is 0.556. The summed E-state index contributed by atoms with van der Waals surface area (Å²) in [7, 11) is 0. The lowest BCUT2D eigenvalue weighted by molar-refractivity contribution is 0.195. The molecule has 1 aromatic rings. The Morgan fingerprint density at radius 1 is 1.57 bits per heavy atom. The van der Waals surface area contributed by atoms with E-state index in [0.29, 0.717) is 6.04 Å². The van der Waals surface area contributed by atoms with Crippen LogP contribution in [0, 0.1) is 6.92 Å². The van der Waals surface area contributed by atoms with Gasteiger partial charge in [-0.1, -0.05) is 0 Å². The van der Waals surface area contributed by atoms with Crippen molar-refractivity contribution >= 4 is 17.4 Å². The molecule has 1 atom stereocenters. The first-order chi connectivity index (χ1) is 6.74. The summed E-state index contributed by atoms with van der Waals surface area (Å²) in [6.45, 7) is 3.44. The summed E-state index contributed by atoms with van der Waals surface area (Å²) in [4.78, 5) is 8.08. The summed E-state index contributed by atoms with van der Waals surface area (Å²) in [5, 5.41) is 3.55. The van der Waals surface area contributed by atoms with E-state index in [1.165, 1.54) is 0 Å². The van der Waals surface area contributed by atoms with Crippen LogP contribution in [-0.2, 0) is 4.74 Å². The van der Waals surface area contributed by atoms with Crippen LogP contribution in [0.3, 0.4) is 0 Å². The van der Waals surface area contributed by atoms with Crippen molar-refractivity contribution < 1.29 is 4.74 Å². The normalized spacial score (nSPS) is 21.1. The summed E-state index contributed by atoms with van der Waals surface area (Å²) in [6.07, 6.45) is 1.01. The molecular formula is C9H12ClN3O. The van der Waals surface area contributed by atoms with Gasteiger partial charge in [-0.2, -0.15) is 0 Å². The predicted molar refractivity (Wildman–Crippen MR) is 54.6 cm³/mol. The van der Waals surface area contributed by atoms with Gasteiger partial charge in [0.15, 0.2) is 0 Å². The maximum absolute atomic E-state index is 5.74. The molecule has 1 N–H and O–H groups in total. The highest BCUT2D eigenvalue weighted by molar-refractivity contribution is 6.28. The number of halogens is 1. The molecule has 0 saturated carbocycles. The lowest BCUT2D eigenvalue weighted by Gasteiger charge is -2.11. The summed E-state index contributed by atoms with van der Waals surface area (Å²) < 4.78 is 5.25. The Kier molecular flexibility index (Phi) is 2.84. The molecule has 14 heavy (non-hydrogen) atoms. The van der Waals surface area contributed by atoms with Crippen molar-refractivity contribution in [3.05, 3.63) is 17.0 Å². The summed E-state index contributed by atoms with van der Waals surface area (Å²) in [5.74, 6) is 0.776. The Balaban J connectivity index is 2.07. The molecule has 0 bridgehead atoms. The third kappa shape index (κ3) is 2.33. The third-order valence-corrected chi connectivity index (χ3v) is 2.28.